The number of carbonyl (C=O) groups excluding carboxylic acids is 1. The normalized spacial score (nSPS) is 13.2. The fourth-order valence-electron chi connectivity index (χ4n) is 2.49. The molecule has 0 unspecified atom stereocenters. The number of carbonyl (C=O) groups is 1. The molecule has 2 aromatic carbocycles. The van der Waals surface area contributed by atoms with E-state index < -0.39 is 0 Å². The Hall–Kier alpha value is -2.36. The lowest BCUT2D eigenvalue weighted by atomic mass is 10.0. The lowest BCUT2D eigenvalue weighted by molar-refractivity contribution is 0.102. The second kappa shape index (κ2) is 5.56. The molecule has 0 spiro atoms. The van der Waals surface area contributed by atoms with Crippen LogP contribution in [0.15, 0.2) is 36.4 Å². The summed E-state index contributed by atoms with van der Waals surface area (Å²) in [6.07, 6.45) is 2.05. The number of hydrogen-bond acceptors (Lipinski definition) is 2. The molecule has 2 N–H and O–H groups in total. The van der Waals surface area contributed by atoms with Crippen molar-refractivity contribution in [2.45, 2.75) is 19.8 Å². The first-order valence-corrected chi connectivity index (χ1v) is 7.08. The highest BCUT2D eigenvalue weighted by Crippen LogP contribution is 2.23. The van der Waals surface area contributed by atoms with Gasteiger partial charge in [-0.1, -0.05) is 6.07 Å². The second-order valence-electron chi connectivity index (χ2n) is 5.32. The largest absolute Gasteiger partial charge is 0.385 e. The molecule has 0 fully saturated rings. The fourth-order valence-corrected chi connectivity index (χ4v) is 2.49. The average Bonchev–Trinajstić information content (AvgIpc) is 2.50. The molecule has 0 saturated carbocycles. The van der Waals surface area contributed by atoms with E-state index in [1.165, 1.54) is 6.07 Å². The molecule has 0 aliphatic carbocycles. The van der Waals surface area contributed by atoms with E-state index in [1.807, 2.05) is 12.1 Å². The molecular weight excluding hydrogens is 267 g/mol. The fraction of sp³-hybridized carbons (Fsp3) is 0.235. The third-order valence-electron chi connectivity index (χ3n) is 3.74. The van der Waals surface area contributed by atoms with Crippen LogP contribution in [0.4, 0.5) is 15.8 Å². The molecule has 21 heavy (non-hydrogen) atoms. The summed E-state index contributed by atoms with van der Waals surface area (Å²) in [5.74, 6) is -0.533. The van der Waals surface area contributed by atoms with Crippen molar-refractivity contribution < 1.29 is 9.18 Å². The molecule has 3 rings (SSSR count). The number of halogens is 1. The maximum atomic E-state index is 13.5. The van der Waals surface area contributed by atoms with Crippen LogP contribution in [0.25, 0.3) is 0 Å². The highest BCUT2D eigenvalue weighted by molar-refractivity contribution is 6.04. The summed E-state index contributed by atoms with van der Waals surface area (Å²) in [5.41, 5.74) is 3.88. The highest BCUT2D eigenvalue weighted by atomic mass is 19.1. The molecule has 2 aromatic rings. The molecule has 0 aromatic heterocycles. The number of anilines is 2. The van der Waals surface area contributed by atoms with E-state index in [9.17, 15) is 9.18 Å². The van der Waals surface area contributed by atoms with Crippen molar-refractivity contribution in [3.8, 4) is 0 Å². The summed E-state index contributed by atoms with van der Waals surface area (Å²) in [6, 6.07) is 10.3. The quantitative estimate of drug-likeness (QED) is 0.882. The number of benzene rings is 2. The van der Waals surface area contributed by atoms with Crippen molar-refractivity contribution >= 4 is 17.3 Å². The lowest BCUT2D eigenvalue weighted by Gasteiger charge is -2.18. The minimum atomic E-state index is -0.317. The average molecular weight is 284 g/mol. The summed E-state index contributed by atoms with van der Waals surface area (Å²) < 4.78 is 13.5. The number of nitrogens with one attached hydrogen (secondary N) is 2. The van der Waals surface area contributed by atoms with Gasteiger partial charge in [-0.3, -0.25) is 4.79 Å². The van der Waals surface area contributed by atoms with Crippen molar-refractivity contribution in [1.29, 1.82) is 0 Å². The van der Waals surface area contributed by atoms with E-state index in [4.69, 9.17) is 0 Å². The number of aryl methyl sites for hydroxylation is 2. The maximum absolute atomic E-state index is 13.5. The van der Waals surface area contributed by atoms with Crippen molar-refractivity contribution in [2.75, 3.05) is 17.2 Å². The molecule has 0 atom stereocenters. The molecule has 0 radical (unpaired) electrons. The topological polar surface area (TPSA) is 41.1 Å². The number of amides is 1. The van der Waals surface area contributed by atoms with E-state index >= 15 is 0 Å². The van der Waals surface area contributed by atoms with Gasteiger partial charge >= 0.3 is 0 Å². The first kappa shape index (κ1) is 13.6. The Kier molecular flexibility index (Phi) is 3.60. The maximum Gasteiger partial charge on any atom is 0.255 e. The van der Waals surface area contributed by atoms with Gasteiger partial charge in [-0.15, -0.1) is 0 Å². The van der Waals surface area contributed by atoms with E-state index in [2.05, 4.69) is 10.6 Å². The van der Waals surface area contributed by atoms with Crippen LogP contribution in [-0.4, -0.2) is 12.5 Å². The molecule has 108 valence electrons. The van der Waals surface area contributed by atoms with Gasteiger partial charge in [-0.25, -0.2) is 4.39 Å². The van der Waals surface area contributed by atoms with Crippen molar-refractivity contribution in [1.82, 2.24) is 0 Å². The molecule has 1 aliphatic rings. The van der Waals surface area contributed by atoms with Gasteiger partial charge in [0.1, 0.15) is 5.82 Å². The summed E-state index contributed by atoms with van der Waals surface area (Å²) in [4.78, 5) is 12.2. The third kappa shape index (κ3) is 2.89. The lowest BCUT2D eigenvalue weighted by Crippen LogP contribution is -2.15. The molecular formula is C17H17FN2O. The van der Waals surface area contributed by atoms with Gasteiger partial charge in [0.25, 0.3) is 5.91 Å². The minimum Gasteiger partial charge on any atom is -0.385 e. The van der Waals surface area contributed by atoms with E-state index in [0.717, 1.165) is 30.6 Å². The molecule has 1 heterocycles. The smallest absolute Gasteiger partial charge is 0.255 e. The predicted octanol–water partition coefficient (Wildman–Crippen LogP) is 3.74. The third-order valence-corrected chi connectivity index (χ3v) is 3.74. The van der Waals surface area contributed by atoms with Gasteiger partial charge in [-0.2, -0.15) is 0 Å². The second-order valence-corrected chi connectivity index (χ2v) is 5.32. The van der Waals surface area contributed by atoms with Crippen LogP contribution < -0.4 is 10.6 Å². The van der Waals surface area contributed by atoms with Crippen LogP contribution in [0.1, 0.15) is 27.9 Å². The monoisotopic (exact) mass is 284 g/mol. The molecule has 1 aliphatic heterocycles. The highest BCUT2D eigenvalue weighted by Gasteiger charge is 2.13. The summed E-state index contributed by atoms with van der Waals surface area (Å²) in [5, 5.41) is 6.04. The zero-order chi connectivity index (χ0) is 14.8. The molecule has 0 saturated heterocycles. The van der Waals surface area contributed by atoms with Crippen molar-refractivity contribution in [3.05, 3.63) is 58.9 Å². The Morgan fingerprint density at radius 2 is 2.10 bits per heavy atom. The van der Waals surface area contributed by atoms with E-state index in [0.29, 0.717) is 16.8 Å². The Bertz CT molecular complexity index is 697. The molecule has 3 nitrogen and oxygen atoms in total. The standard InChI is InChI=1S/C17H17FN2O/c1-11-4-6-14(10-15(11)18)20-17(21)13-5-7-16-12(9-13)3-2-8-19-16/h4-7,9-10,19H,2-3,8H2,1H3,(H,20,21). The molecule has 1 amide bonds. The summed E-state index contributed by atoms with van der Waals surface area (Å²) >= 11 is 0. The Balaban J connectivity index is 1.80. The zero-order valence-electron chi connectivity index (χ0n) is 11.9. The molecule has 4 heteroatoms. The van der Waals surface area contributed by atoms with Gasteiger partial charge in [-0.05, 0) is 61.2 Å². The van der Waals surface area contributed by atoms with Crippen LogP contribution in [0.2, 0.25) is 0 Å². The first-order chi connectivity index (χ1) is 10.1. The Morgan fingerprint density at radius 3 is 2.90 bits per heavy atom. The Labute approximate surface area is 123 Å². The summed E-state index contributed by atoms with van der Waals surface area (Å²) in [7, 11) is 0. The van der Waals surface area contributed by atoms with Gasteiger partial charge in [0.05, 0.1) is 0 Å². The van der Waals surface area contributed by atoms with Crippen LogP contribution in [0, 0.1) is 12.7 Å². The predicted molar refractivity (Wildman–Crippen MR) is 82.3 cm³/mol. The number of rotatable bonds is 2. The SMILES string of the molecule is Cc1ccc(NC(=O)c2ccc3c(c2)CCCN3)cc1F. The van der Waals surface area contributed by atoms with Gasteiger partial charge in [0.2, 0.25) is 0 Å². The van der Waals surface area contributed by atoms with Crippen molar-refractivity contribution in [2.24, 2.45) is 0 Å². The van der Waals surface area contributed by atoms with Crippen LogP contribution in [-0.2, 0) is 6.42 Å². The zero-order valence-corrected chi connectivity index (χ0v) is 11.9. The minimum absolute atomic E-state index is 0.216. The first-order valence-electron chi connectivity index (χ1n) is 7.08. The van der Waals surface area contributed by atoms with Crippen LogP contribution in [0.3, 0.4) is 0 Å². The van der Waals surface area contributed by atoms with E-state index in [-0.39, 0.29) is 11.7 Å². The molecule has 0 bridgehead atoms. The van der Waals surface area contributed by atoms with Crippen LogP contribution >= 0.6 is 0 Å². The summed E-state index contributed by atoms with van der Waals surface area (Å²) in [6.45, 7) is 2.67. The number of hydrogen-bond donors (Lipinski definition) is 2. The van der Waals surface area contributed by atoms with Gasteiger partial charge in [0, 0.05) is 23.5 Å². The Morgan fingerprint density at radius 1 is 1.24 bits per heavy atom. The van der Waals surface area contributed by atoms with Gasteiger partial charge in [0.15, 0.2) is 0 Å². The van der Waals surface area contributed by atoms with Crippen molar-refractivity contribution in [3.63, 3.8) is 0 Å². The van der Waals surface area contributed by atoms with Crippen LogP contribution in [0.5, 0.6) is 0 Å². The van der Waals surface area contributed by atoms with Gasteiger partial charge < -0.3 is 10.6 Å². The number of fused-ring (bicyclic) bond motifs is 1. The van der Waals surface area contributed by atoms with E-state index in [1.54, 1.807) is 25.1 Å².